The Hall–Kier alpha value is -2.94. The van der Waals surface area contributed by atoms with Crippen LogP contribution in [0, 0.1) is 0 Å². The molecule has 3 aromatic rings. The maximum Gasteiger partial charge on any atom is 0.143 e. The molecule has 0 fully saturated rings. The molecule has 0 saturated carbocycles. The van der Waals surface area contributed by atoms with Gasteiger partial charge in [-0.3, -0.25) is 0 Å². The first-order valence-electron chi connectivity index (χ1n) is 9.95. The van der Waals surface area contributed by atoms with Crippen LogP contribution in [-0.4, -0.2) is 19.3 Å². The summed E-state index contributed by atoms with van der Waals surface area (Å²) in [5.74, 6) is 0. The Labute approximate surface area is 174 Å². The molecule has 0 aliphatic rings. The minimum Gasteiger partial charge on any atom is -0.371 e. The van der Waals surface area contributed by atoms with Gasteiger partial charge in [0.05, 0.1) is 19.3 Å². The quantitative estimate of drug-likeness (QED) is 0.292. The summed E-state index contributed by atoms with van der Waals surface area (Å²) in [5.41, 5.74) is 2.51. The lowest BCUT2D eigenvalue weighted by Crippen LogP contribution is -2.36. The maximum absolute atomic E-state index is 6.79. The van der Waals surface area contributed by atoms with Gasteiger partial charge in [0.15, 0.2) is 0 Å². The van der Waals surface area contributed by atoms with Crippen LogP contribution in [0.3, 0.4) is 0 Å². The SMILES string of the molecule is C=CCOC(CC=C)COC(c1ccccc1)(c1ccccc1)c1ccccc1. The average molecular weight is 385 g/mol. The van der Waals surface area contributed by atoms with Crippen LogP contribution < -0.4 is 0 Å². The third-order valence-electron chi connectivity index (χ3n) is 4.91. The minimum atomic E-state index is -0.735. The number of benzene rings is 3. The molecule has 0 spiro atoms. The first-order chi connectivity index (χ1) is 14.3. The minimum absolute atomic E-state index is 0.0963. The zero-order valence-corrected chi connectivity index (χ0v) is 16.7. The fourth-order valence-electron chi connectivity index (χ4n) is 3.56. The van der Waals surface area contributed by atoms with Crippen molar-refractivity contribution >= 4 is 0 Å². The van der Waals surface area contributed by atoms with Crippen molar-refractivity contribution in [3.8, 4) is 0 Å². The van der Waals surface area contributed by atoms with Crippen molar-refractivity contribution in [2.75, 3.05) is 13.2 Å². The highest BCUT2D eigenvalue weighted by Gasteiger charge is 2.38. The van der Waals surface area contributed by atoms with E-state index >= 15 is 0 Å². The second-order valence-corrected chi connectivity index (χ2v) is 6.86. The van der Waals surface area contributed by atoms with E-state index in [1.807, 2.05) is 24.3 Å². The van der Waals surface area contributed by atoms with E-state index < -0.39 is 5.60 Å². The van der Waals surface area contributed by atoms with Crippen LogP contribution in [0.1, 0.15) is 23.1 Å². The molecule has 0 heterocycles. The van der Waals surface area contributed by atoms with Crippen molar-refractivity contribution in [2.45, 2.75) is 18.1 Å². The highest BCUT2D eigenvalue weighted by atomic mass is 16.5. The predicted molar refractivity (Wildman–Crippen MR) is 120 cm³/mol. The van der Waals surface area contributed by atoms with Crippen LogP contribution in [-0.2, 0) is 15.1 Å². The molecule has 0 bridgehead atoms. The Morgan fingerprint density at radius 3 is 1.52 bits per heavy atom. The Bertz CT molecular complexity index is 776. The highest BCUT2D eigenvalue weighted by molar-refractivity contribution is 5.47. The molecule has 1 atom stereocenters. The second-order valence-electron chi connectivity index (χ2n) is 6.86. The summed E-state index contributed by atoms with van der Waals surface area (Å²) >= 11 is 0. The van der Waals surface area contributed by atoms with Gasteiger partial charge in [-0.25, -0.2) is 0 Å². The molecule has 0 saturated heterocycles. The fraction of sp³-hybridized carbons (Fsp3) is 0.185. The molecule has 0 aliphatic heterocycles. The van der Waals surface area contributed by atoms with Crippen molar-refractivity contribution in [3.05, 3.63) is 133 Å². The summed E-state index contributed by atoms with van der Waals surface area (Å²) in [7, 11) is 0. The maximum atomic E-state index is 6.79. The number of ether oxygens (including phenoxy) is 2. The third kappa shape index (κ3) is 4.92. The first kappa shape index (κ1) is 20.8. The van der Waals surface area contributed by atoms with Crippen molar-refractivity contribution in [1.29, 1.82) is 0 Å². The van der Waals surface area contributed by atoms with Gasteiger partial charge in [0, 0.05) is 0 Å². The molecule has 0 aromatic heterocycles. The Kier molecular flexibility index (Phi) is 7.57. The van der Waals surface area contributed by atoms with Crippen LogP contribution in [0.25, 0.3) is 0 Å². The molecule has 0 N–H and O–H groups in total. The zero-order valence-electron chi connectivity index (χ0n) is 16.7. The Morgan fingerprint density at radius 1 is 0.690 bits per heavy atom. The van der Waals surface area contributed by atoms with Gasteiger partial charge in [0.2, 0.25) is 0 Å². The largest absolute Gasteiger partial charge is 0.371 e. The van der Waals surface area contributed by atoms with E-state index in [9.17, 15) is 0 Å². The monoisotopic (exact) mass is 384 g/mol. The van der Waals surface area contributed by atoms with Crippen LogP contribution in [0.2, 0.25) is 0 Å². The average Bonchev–Trinajstić information content (AvgIpc) is 2.80. The standard InChI is InChI=1S/C27H28O2/c1-3-14-26(28-21-4-2)22-29-27(23-15-8-5-9-16-23,24-17-10-6-11-18-24)25-19-12-7-13-20-25/h3-13,15-20,26H,1-2,14,21-22H2. The van der Waals surface area contributed by atoms with E-state index in [1.165, 1.54) is 0 Å². The third-order valence-corrected chi connectivity index (χ3v) is 4.91. The van der Waals surface area contributed by atoms with Gasteiger partial charge < -0.3 is 9.47 Å². The van der Waals surface area contributed by atoms with E-state index in [1.54, 1.807) is 6.08 Å². The lowest BCUT2D eigenvalue weighted by molar-refractivity contribution is -0.0577. The molecule has 3 aromatic carbocycles. The van der Waals surface area contributed by atoms with Crippen molar-refractivity contribution < 1.29 is 9.47 Å². The molecular formula is C27H28O2. The number of hydrogen-bond donors (Lipinski definition) is 0. The molecule has 1 unspecified atom stereocenters. The molecular weight excluding hydrogens is 356 g/mol. The van der Waals surface area contributed by atoms with Gasteiger partial charge in [-0.05, 0) is 23.1 Å². The van der Waals surface area contributed by atoms with E-state index in [0.717, 1.165) is 16.7 Å². The predicted octanol–water partition coefficient (Wildman–Crippen LogP) is 6.14. The van der Waals surface area contributed by atoms with Crippen LogP contribution in [0.5, 0.6) is 0 Å². The molecule has 2 heteroatoms. The molecule has 0 amide bonds. The number of rotatable bonds is 11. The topological polar surface area (TPSA) is 18.5 Å². The van der Waals surface area contributed by atoms with Gasteiger partial charge in [0.1, 0.15) is 5.60 Å². The first-order valence-corrected chi connectivity index (χ1v) is 9.95. The molecule has 2 nitrogen and oxygen atoms in total. The van der Waals surface area contributed by atoms with Crippen molar-refractivity contribution in [2.24, 2.45) is 0 Å². The van der Waals surface area contributed by atoms with Crippen molar-refractivity contribution in [1.82, 2.24) is 0 Å². The summed E-state index contributed by atoms with van der Waals surface area (Å²) in [5, 5.41) is 0. The highest BCUT2D eigenvalue weighted by Crippen LogP contribution is 2.40. The van der Waals surface area contributed by atoms with Crippen LogP contribution in [0.15, 0.2) is 116 Å². The van der Waals surface area contributed by atoms with Gasteiger partial charge in [-0.15, -0.1) is 13.2 Å². The Balaban J connectivity index is 2.09. The van der Waals surface area contributed by atoms with Gasteiger partial charge in [-0.2, -0.15) is 0 Å². The molecule has 0 radical (unpaired) electrons. The lowest BCUT2D eigenvalue weighted by atomic mass is 9.80. The summed E-state index contributed by atoms with van der Waals surface area (Å²) in [6, 6.07) is 31.1. The van der Waals surface area contributed by atoms with Gasteiger partial charge in [-0.1, -0.05) is 103 Å². The van der Waals surface area contributed by atoms with E-state index in [2.05, 4.69) is 86.0 Å². The van der Waals surface area contributed by atoms with E-state index in [4.69, 9.17) is 9.47 Å². The molecule has 148 valence electrons. The lowest BCUT2D eigenvalue weighted by Gasteiger charge is -2.37. The summed E-state index contributed by atoms with van der Waals surface area (Å²) in [4.78, 5) is 0. The van der Waals surface area contributed by atoms with Gasteiger partial charge >= 0.3 is 0 Å². The second kappa shape index (κ2) is 10.6. The van der Waals surface area contributed by atoms with E-state index in [0.29, 0.717) is 19.6 Å². The van der Waals surface area contributed by atoms with Crippen LogP contribution in [0.4, 0.5) is 0 Å². The van der Waals surface area contributed by atoms with Crippen molar-refractivity contribution in [3.63, 3.8) is 0 Å². The molecule has 0 aliphatic carbocycles. The smallest absolute Gasteiger partial charge is 0.143 e. The van der Waals surface area contributed by atoms with Gasteiger partial charge in [0.25, 0.3) is 0 Å². The van der Waals surface area contributed by atoms with E-state index in [-0.39, 0.29) is 6.10 Å². The number of hydrogen-bond acceptors (Lipinski definition) is 2. The fourth-order valence-corrected chi connectivity index (χ4v) is 3.56. The summed E-state index contributed by atoms with van der Waals surface area (Å²) in [6.07, 6.45) is 4.24. The normalized spacial score (nSPS) is 12.3. The molecule has 3 rings (SSSR count). The molecule has 29 heavy (non-hydrogen) atoms. The zero-order chi connectivity index (χ0) is 20.4. The Morgan fingerprint density at radius 2 is 1.14 bits per heavy atom. The summed E-state index contributed by atoms with van der Waals surface area (Å²) in [6.45, 7) is 8.53. The van der Waals surface area contributed by atoms with Crippen LogP contribution >= 0.6 is 0 Å². The summed E-state index contributed by atoms with van der Waals surface area (Å²) < 4.78 is 12.7.